The molecule has 1 unspecified atom stereocenters. The second-order valence-electron chi connectivity index (χ2n) is 5.43. The number of rotatable bonds is 7. The van der Waals surface area contributed by atoms with Crippen LogP contribution in [0.4, 0.5) is 5.69 Å². The van der Waals surface area contributed by atoms with E-state index in [1.54, 1.807) is 0 Å². The topological polar surface area (TPSA) is 93.1 Å². The number of aliphatic carboxylic acids is 1. The fraction of sp³-hybridized carbons (Fsp3) is 0.235. The predicted molar refractivity (Wildman–Crippen MR) is 103 cm³/mol. The van der Waals surface area contributed by atoms with Crippen LogP contribution in [0.2, 0.25) is 10.0 Å². The molecule has 0 saturated carbocycles. The van der Waals surface area contributed by atoms with Gasteiger partial charge in [0, 0.05) is 11.1 Å². The van der Waals surface area contributed by atoms with E-state index in [1.165, 1.54) is 51.5 Å². The van der Waals surface area contributed by atoms with E-state index in [0.717, 1.165) is 10.4 Å². The Bertz CT molecular complexity index is 964. The average Bonchev–Trinajstić information content (AvgIpc) is 2.63. The van der Waals surface area contributed by atoms with E-state index >= 15 is 0 Å². The molecule has 1 N–H and O–H groups in total. The number of sulfonamides is 1. The number of nitrogens with zero attached hydrogens (tertiary/aromatic N) is 1. The van der Waals surface area contributed by atoms with Crippen LogP contribution in [0.5, 0.6) is 11.5 Å². The highest BCUT2D eigenvalue weighted by Gasteiger charge is 2.36. The summed E-state index contributed by atoms with van der Waals surface area (Å²) in [6, 6.07) is 6.81. The number of carbonyl (C=O) groups is 1. The predicted octanol–water partition coefficient (Wildman–Crippen LogP) is 3.68. The lowest BCUT2D eigenvalue weighted by Gasteiger charge is -2.29. The Morgan fingerprint density at radius 3 is 2.33 bits per heavy atom. The molecule has 0 bridgehead atoms. The van der Waals surface area contributed by atoms with Gasteiger partial charge in [0.15, 0.2) is 0 Å². The molecule has 10 heteroatoms. The van der Waals surface area contributed by atoms with Crippen molar-refractivity contribution in [2.45, 2.75) is 17.9 Å². The first-order valence-electron chi connectivity index (χ1n) is 7.57. The van der Waals surface area contributed by atoms with Crippen molar-refractivity contribution >= 4 is 44.9 Å². The second-order valence-corrected chi connectivity index (χ2v) is 8.05. The van der Waals surface area contributed by atoms with Gasteiger partial charge in [-0.1, -0.05) is 23.2 Å². The van der Waals surface area contributed by atoms with Gasteiger partial charge in [-0.2, -0.15) is 0 Å². The first-order chi connectivity index (χ1) is 12.6. The normalized spacial score (nSPS) is 12.3. The summed E-state index contributed by atoms with van der Waals surface area (Å²) in [5.41, 5.74) is 0.0178. The lowest BCUT2D eigenvalue weighted by atomic mass is 10.2. The Balaban J connectivity index is 2.76. The Kier molecular flexibility index (Phi) is 6.46. The van der Waals surface area contributed by atoms with Crippen LogP contribution in [0, 0.1) is 0 Å². The van der Waals surface area contributed by atoms with Crippen LogP contribution in [0.1, 0.15) is 6.92 Å². The Labute approximate surface area is 167 Å². The van der Waals surface area contributed by atoms with E-state index in [0.29, 0.717) is 5.75 Å². The van der Waals surface area contributed by atoms with Crippen molar-refractivity contribution in [3.63, 3.8) is 0 Å². The smallest absolute Gasteiger partial charge is 0.327 e. The van der Waals surface area contributed by atoms with E-state index in [9.17, 15) is 18.3 Å². The Hall–Kier alpha value is -2.16. The molecule has 146 valence electrons. The third-order valence-corrected chi connectivity index (χ3v) is 6.36. The maximum atomic E-state index is 13.3. The number of ether oxygens (including phenoxy) is 2. The summed E-state index contributed by atoms with van der Waals surface area (Å²) in [5, 5.41) is 9.53. The maximum absolute atomic E-state index is 13.3. The lowest BCUT2D eigenvalue weighted by Crippen LogP contribution is -2.43. The zero-order chi connectivity index (χ0) is 20.4. The molecular formula is C17H17Cl2NO6S. The maximum Gasteiger partial charge on any atom is 0.327 e. The summed E-state index contributed by atoms with van der Waals surface area (Å²) in [5.74, 6) is -0.824. The third-order valence-electron chi connectivity index (χ3n) is 3.76. The van der Waals surface area contributed by atoms with Gasteiger partial charge in [0.2, 0.25) is 0 Å². The van der Waals surface area contributed by atoms with E-state index in [2.05, 4.69) is 0 Å². The van der Waals surface area contributed by atoms with Crippen LogP contribution in [-0.2, 0) is 14.8 Å². The van der Waals surface area contributed by atoms with E-state index in [4.69, 9.17) is 32.7 Å². The number of halogens is 2. The van der Waals surface area contributed by atoms with Gasteiger partial charge in [-0.05, 0) is 37.3 Å². The zero-order valence-electron chi connectivity index (χ0n) is 14.6. The second kappa shape index (κ2) is 8.24. The van der Waals surface area contributed by atoms with Crippen LogP contribution in [0.25, 0.3) is 0 Å². The van der Waals surface area contributed by atoms with Crippen LogP contribution < -0.4 is 13.8 Å². The van der Waals surface area contributed by atoms with Crippen LogP contribution >= 0.6 is 23.2 Å². The van der Waals surface area contributed by atoms with Gasteiger partial charge >= 0.3 is 5.97 Å². The summed E-state index contributed by atoms with van der Waals surface area (Å²) in [6.45, 7) is 1.24. The number of carboxylic acid groups (broad SMARTS) is 1. The molecule has 27 heavy (non-hydrogen) atoms. The highest BCUT2D eigenvalue weighted by molar-refractivity contribution is 7.93. The van der Waals surface area contributed by atoms with Crippen molar-refractivity contribution < 1.29 is 27.8 Å². The molecule has 2 rings (SSSR count). The van der Waals surface area contributed by atoms with Gasteiger partial charge in [0.05, 0.1) is 24.9 Å². The first kappa shape index (κ1) is 21.1. The van der Waals surface area contributed by atoms with Gasteiger partial charge in [0.25, 0.3) is 10.0 Å². The molecular weight excluding hydrogens is 417 g/mol. The third kappa shape index (κ3) is 4.23. The van der Waals surface area contributed by atoms with E-state index in [1.807, 2.05) is 0 Å². The molecule has 0 aliphatic carbocycles. The summed E-state index contributed by atoms with van der Waals surface area (Å²) in [4.78, 5) is 11.3. The number of benzene rings is 2. The molecule has 7 nitrogen and oxygen atoms in total. The molecule has 0 fully saturated rings. The molecule has 1 atom stereocenters. The minimum Gasteiger partial charge on any atom is -0.497 e. The fourth-order valence-corrected chi connectivity index (χ4v) is 4.76. The Morgan fingerprint density at radius 2 is 1.78 bits per heavy atom. The summed E-state index contributed by atoms with van der Waals surface area (Å²) < 4.78 is 37.7. The van der Waals surface area contributed by atoms with E-state index in [-0.39, 0.29) is 26.4 Å². The number of hydrogen-bond acceptors (Lipinski definition) is 5. The largest absolute Gasteiger partial charge is 0.497 e. The SMILES string of the molecule is COc1ccc(N(C(C)C(=O)O)S(=O)(=O)c2cc(Cl)ccc2Cl)c(OC)c1. The van der Waals surface area contributed by atoms with Crippen molar-refractivity contribution in [2.24, 2.45) is 0 Å². The lowest BCUT2D eigenvalue weighted by molar-refractivity contribution is -0.137. The summed E-state index contributed by atoms with van der Waals surface area (Å²) >= 11 is 12.0. The molecule has 0 saturated heterocycles. The number of hydrogen-bond donors (Lipinski definition) is 1. The van der Waals surface area contributed by atoms with Crippen molar-refractivity contribution in [1.29, 1.82) is 0 Å². The van der Waals surface area contributed by atoms with Crippen molar-refractivity contribution in [3.05, 3.63) is 46.4 Å². The van der Waals surface area contributed by atoms with E-state index < -0.39 is 22.0 Å². The summed E-state index contributed by atoms with van der Waals surface area (Å²) in [7, 11) is -1.62. The molecule has 0 aromatic heterocycles. The fourth-order valence-electron chi connectivity index (χ4n) is 2.39. The van der Waals surface area contributed by atoms with Crippen molar-refractivity contribution in [1.82, 2.24) is 0 Å². The van der Waals surface area contributed by atoms with Crippen LogP contribution in [0.3, 0.4) is 0 Å². The van der Waals surface area contributed by atoms with Crippen molar-refractivity contribution in [3.8, 4) is 11.5 Å². The van der Waals surface area contributed by atoms with Crippen LogP contribution in [0.15, 0.2) is 41.3 Å². The number of methoxy groups -OCH3 is 2. The standard InChI is InChI=1S/C17H17Cl2NO6S/c1-10(17(21)22)20(14-7-5-12(25-2)9-15(14)26-3)27(23,24)16-8-11(18)4-6-13(16)19/h4-10H,1-3H3,(H,21,22). The van der Waals surface area contributed by atoms with Crippen molar-refractivity contribution in [2.75, 3.05) is 18.5 Å². The molecule has 0 spiro atoms. The molecule has 2 aromatic carbocycles. The van der Waals surface area contributed by atoms with Gasteiger partial charge in [-0.15, -0.1) is 0 Å². The molecule has 2 aromatic rings. The highest BCUT2D eigenvalue weighted by atomic mass is 35.5. The molecule has 0 amide bonds. The first-order valence-corrected chi connectivity index (χ1v) is 9.77. The molecule has 0 aliphatic heterocycles. The highest BCUT2D eigenvalue weighted by Crippen LogP contribution is 2.38. The molecule has 0 heterocycles. The average molecular weight is 434 g/mol. The molecule has 0 aliphatic rings. The quantitative estimate of drug-likeness (QED) is 0.715. The Morgan fingerprint density at radius 1 is 1.11 bits per heavy atom. The van der Waals surface area contributed by atoms with Crippen LogP contribution in [-0.4, -0.2) is 39.8 Å². The summed E-state index contributed by atoms with van der Waals surface area (Å²) in [6.07, 6.45) is 0. The van der Waals surface area contributed by atoms with Gasteiger partial charge in [-0.3, -0.25) is 0 Å². The van der Waals surface area contributed by atoms with Gasteiger partial charge in [0.1, 0.15) is 22.4 Å². The van der Waals surface area contributed by atoms with Gasteiger partial charge < -0.3 is 14.6 Å². The number of anilines is 1. The van der Waals surface area contributed by atoms with Gasteiger partial charge in [-0.25, -0.2) is 17.5 Å². The minimum atomic E-state index is -4.39. The minimum absolute atomic E-state index is 0.0178. The zero-order valence-corrected chi connectivity index (χ0v) is 17.0. The molecule has 0 radical (unpaired) electrons. The monoisotopic (exact) mass is 433 g/mol. The number of carboxylic acids is 1.